The molecule has 1 fully saturated rings. The first kappa shape index (κ1) is 14.1. The van der Waals surface area contributed by atoms with Gasteiger partial charge in [-0.1, -0.05) is 0 Å². The quantitative estimate of drug-likeness (QED) is 0.835. The summed E-state index contributed by atoms with van der Waals surface area (Å²) in [7, 11) is 2.08. The molecule has 1 aliphatic heterocycles. The normalized spacial score (nSPS) is 15.7. The van der Waals surface area contributed by atoms with Gasteiger partial charge in [-0.15, -0.1) is 0 Å². The van der Waals surface area contributed by atoms with E-state index in [4.69, 9.17) is 0 Å². The molecule has 0 radical (unpaired) electrons. The standard InChI is InChI=1S/C14H23N7/c1-3-15-14-18-12-11(16-10-17-12)13(19-14)20(2)8-9-21-6-4-5-7-21/h10H,3-9H2,1-2H3,(H2,15,16,17,18,19). The molecule has 114 valence electrons. The van der Waals surface area contributed by atoms with E-state index < -0.39 is 0 Å². The number of imidazole rings is 1. The first-order valence-corrected chi connectivity index (χ1v) is 7.66. The van der Waals surface area contributed by atoms with E-state index in [-0.39, 0.29) is 0 Å². The van der Waals surface area contributed by atoms with E-state index in [1.54, 1.807) is 6.33 Å². The predicted octanol–water partition coefficient (Wildman–Crippen LogP) is 1.32. The summed E-state index contributed by atoms with van der Waals surface area (Å²) in [5.74, 6) is 1.55. The number of nitrogens with zero attached hydrogens (tertiary/aromatic N) is 5. The van der Waals surface area contributed by atoms with Crippen molar-refractivity contribution in [2.75, 3.05) is 50.0 Å². The summed E-state index contributed by atoms with van der Waals surface area (Å²) in [5.41, 5.74) is 1.62. The molecule has 2 N–H and O–H groups in total. The van der Waals surface area contributed by atoms with E-state index in [0.29, 0.717) is 11.6 Å². The number of likely N-dealkylation sites (tertiary alicyclic amines) is 1. The van der Waals surface area contributed by atoms with Crippen LogP contribution in [0.25, 0.3) is 11.2 Å². The maximum Gasteiger partial charge on any atom is 0.226 e. The van der Waals surface area contributed by atoms with Gasteiger partial charge in [0.15, 0.2) is 11.5 Å². The largest absolute Gasteiger partial charge is 0.356 e. The summed E-state index contributed by atoms with van der Waals surface area (Å²) < 4.78 is 0. The first-order valence-electron chi connectivity index (χ1n) is 7.66. The summed E-state index contributed by atoms with van der Waals surface area (Å²) in [4.78, 5) is 21.1. The lowest BCUT2D eigenvalue weighted by molar-refractivity contribution is 0.346. The van der Waals surface area contributed by atoms with E-state index in [0.717, 1.165) is 31.0 Å². The predicted molar refractivity (Wildman–Crippen MR) is 84.8 cm³/mol. The molecule has 1 saturated heterocycles. The fourth-order valence-electron chi connectivity index (χ4n) is 2.73. The minimum atomic E-state index is 0.639. The Morgan fingerprint density at radius 2 is 2.14 bits per heavy atom. The number of fused-ring (bicyclic) bond motifs is 1. The first-order chi connectivity index (χ1) is 10.3. The summed E-state index contributed by atoms with van der Waals surface area (Å²) in [6.07, 6.45) is 4.33. The van der Waals surface area contributed by atoms with Gasteiger partial charge in [-0.25, -0.2) is 4.98 Å². The van der Waals surface area contributed by atoms with Crippen molar-refractivity contribution in [1.29, 1.82) is 0 Å². The average Bonchev–Trinajstić information content (AvgIpc) is 3.15. The van der Waals surface area contributed by atoms with Gasteiger partial charge < -0.3 is 20.1 Å². The summed E-state index contributed by atoms with van der Waals surface area (Å²) >= 11 is 0. The highest BCUT2D eigenvalue weighted by molar-refractivity contribution is 5.84. The van der Waals surface area contributed by atoms with Crippen LogP contribution in [-0.4, -0.2) is 64.6 Å². The monoisotopic (exact) mass is 289 g/mol. The molecule has 0 unspecified atom stereocenters. The van der Waals surface area contributed by atoms with E-state index in [1.807, 2.05) is 6.92 Å². The zero-order valence-corrected chi connectivity index (χ0v) is 12.8. The van der Waals surface area contributed by atoms with Crippen molar-refractivity contribution >= 4 is 22.9 Å². The van der Waals surface area contributed by atoms with Gasteiger partial charge >= 0.3 is 0 Å². The van der Waals surface area contributed by atoms with Gasteiger partial charge in [0.05, 0.1) is 6.33 Å². The Hall–Kier alpha value is -1.89. The molecule has 7 heteroatoms. The van der Waals surface area contributed by atoms with E-state index in [2.05, 4.69) is 42.1 Å². The Bertz CT molecular complexity index is 588. The maximum absolute atomic E-state index is 4.62. The lowest BCUT2D eigenvalue weighted by Crippen LogP contribution is -2.32. The maximum atomic E-state index is 4.62. The van der Waals surface area contributed by atoms with Crippen LogP contribution in [0.3, 0.4) is 0 Å². The van der Waals surface area contributed by atoms with E-state index in [9.17, 15) is 0 Å². The highest BCUT2D eigenvalue weighted by Crippen LogP contribution is 2.21. The number of hydrogen-bond donors (Lipinski definition) is 2. The van der Waals surface area contributed by atoms with Crippen molar-refractivity contribution in [3.05, 3.63) is 6.33 Å². The highest BCUT2D eigenvalue weighted by atomic mass is 15.3. The molecule has 0 amide bonds. The molecule has 3 rings (SSSR count). The van der Waals surface area contributed by atoms with Gasteiger partial charge in [0, 0.05) is 26.7 Å². The SMILES string of the molecule is CCNc1nc(N(C)CCN2CCCC2)c2[nH]cnc2n1. The molecule has 7 nitrogen and oxygen atoms in total. The number of aromatic amines is 1. The van der Waals surface area contributed by atoms with Crippen LogP contribution < -0.4 is 10.2 Å². The molecule has 2 aromatic heterocycles. The number of nitrogens with one attached hydrogen (secondary N) is 2. The van der Waals surface area contributed by atoms with Gasteiger partial charge in [0.25, 0.3) is 0 Å². The Morgan fingerprint density at radius 1 is 1.33 bits per heavy atom. The van der Waals surface area contributed by atoms with Crippen LogP contribution in [0.15, 0.2) is 6.33 Å². The van der Waals surface area contributed by atoms with E-state index in [1.165, 1.54) is 25.9 Å². The van der Waals surface area contributed by atoms with Gasteiger partial charge in [-0.05, 0) is 32.9 Å². The van der Waals surface area contributed by atoms with Crippen LogP contribution in [0, 0.1) is 0 Å². The second-order valence-corrected chi connectivity index (χ2v) is 5.47. The van der Waals surface area contributed by atoms with Crippen LogP contribution in [0.2, 0.25) is 0 Å². The number of rotatable bonds is 6. The minimum Gasteiger partial charge on any atom is -0.356 e. The fraction of sp³-hybridized carbons (Fsp3) is 0.643. The second kappa shape index (κ2) is 6.26. The van der Waals surface area contributed by atoms with Gasteiger partial charge in [-0.3, -0.25) is 0 Å². The minimum absolute atomic E-state index is 0.639. The number of anilines is 2. The number of likely N-dealkylation sites (N-methyl/N-ethyl adjacent to an activating group) is 1. The molecule has 0 spiro atoms. The number of aromatic nitrogens is 4. The van der Waals surface area contributed by atoms with Gasteiger partial charge in [0.2, 0.25) is 5.95 Å². The van der Waals surface area contributed by atoms with Crippen molar-refractivity contribution in [2.24, 2.45) is 0 Å². The molecular formula is C14H23N7. The Morgan fingerprint density at radius 3 is 2.90 bits per heavy atom. The number of hydrogen-bond acceptors (Lipinski definition) is 6. The topological polar surface area (TPSA) is 73.0 Å². The molecule has 0 aromatic carbocycles. The molecule has 21 heavy (non-hydrogen) atoms. The Labute approximate surface area is 124 Å². The lowest BCUT2D eigenvalue weighted by Gasteiger charge is -2.22. The van der Waals surface area contributed by atoms with Gasteiger partial charge in [0.1, 0.15) is 5.52 Å². The summed E-state index contributed by atoms with van der Waals surface area (Å²) in [6.45, 7) is 7.31. The Kier molecular flexibility index (Phi) is 4.19. The van der Waals surface area contributed by atoms with E-state index >= 15 is 0 Å². The van der Waals surface area contributed by atoms with Crippen molar-refractivity contribution in [3.63, 3.8) is 0 Å². The molecule has 3 heterocycles. The third-order valence-corrected chi connectivity index (χ3v) is 3.91. The molecule has 1 aliphatic rings. The zero-order valence-electron chi connectivity index (χ0n) is 12.8. The summed E-state index contributed by atoms with van der Waals surface area (Å²) in [5, 5.41) is 3.17. The zero-order chi connectivity index (χ0) is 14.7. The van der Waals surface area contributed by atoms with Gasteiger partial charge in [-0.2, -0.15) is 9.97 Å². The van der Waals surface area contributed by atoms with Crippen molar-refractivity contribution < 1.29 is 0 Å². The van der Waals surface area contributed by atoms with Crippen molar-refractivity contribution in [2.45, 2.75) is 19.8 Å². The second-order valence-electron chi connectivity index (χ2n) is 5.47. The highest BCUT2D eigenvalue weighted by Gasteiger charge is 2.16. The Balaban J connectivity index is 1.78. The third-order valence-electron chi connectivity index (χ3n) is 3.91. The molecular weight excluding hydrogens is 266 g/mol. The average molecular weight is 289 g/mol. The number of H-pyrrole nitrogens is 1. The van der Waals surface area contributed by atoms with Crippen molar-refractivity contribution in [3.8, 4) is 0 Å². The summed E-state index contributed by atoms with van der Waals surface area (Å²) in [6, 6.07) is 0. The molecule has 0 atom stereocenters. The smallest absolute Gasteiger partial charge is 0.226 e. The van der Waals surface area contributed by atoms with Crippen LogP contribution in [0.5, 0.6) is 0 Å². The van der Waals surface area contributed by atoms with Crippen LogP contribution in [-0.2, 0) is 0 Å². The molecule has 0 bridgehead atoms. The molecule has 0 aliphatic carbocycles. The molecule has 0 saturated carbocycles. The van der Waals surface area contributed by atoms with Crippen LogP contribution in [0.1, 0.15) is 19.8 Å². The fourth-order valence-corrected chi connectivity index (χ4v) is 2.73. The molecule has 2 aromatic rings. The lowest BCUT2D eigenvalue weighted by atomic mass is 10.4. The van der Waals surface area contributed by atoms with Crippen LogP contribution >= 0.6 is 0 Å². The van der Waals surface area contributed by atoms with Crippen molar-refractivity contribution in [1.82, 2.24) is 24.8 Å². The third kappa shape index (κ3) is 3.07. The van der Waals surface area contributed by atoms with Crippen LogP contribution in [0.4, 0.5) is 11.8 Å².